The summed E-state index contributed by atoms with van der Waals surface area (Å²) in [6, 6.07) is 0. The van der Waals surface area contributed by atoms with E-state index in [9.17, 15) is 14.7 Å². The molecule has 0 aromatic rings. The van der Waals surface area contributed by atoms with Gasteiger partial charge in [0.05, 0.1) is 6.61 Å². The van der Waals surface area contributed by atoms with Crippen LogP contribution in [0.4, 0.5) is 0 Å². The van der Waals surface area contributed by atoms with Gasteiger partial charge in [-0.2, -0.15) is 0 Å². The van der Waals surface area contributed by atoms with Crippen LogP contribution in [-0.4, -0.2) is 29.6 Å². The van der Waals surface area contributed by atoms with Crippen molar-refractivity contribution in [2.45, 2.75) is 52.1 Å². The highest BCUT2D eigenvalue weighted by Crippen LogP contribution is 2.05. The van der Waals surface area contributed by atoms with E-state index in [1.54, 1.807) is 6.92 Å². The van der Waals surface area contributed by atoms with E-state index in [1.165, 1.54) is 0 Å². The molecule has 0 aliphatic rings. The molecule has 1 N–H and O–H groups in total. The second-order valence-electron chi connectivity index (χ2n) is 3.47. The topological polar surface area (TPSA) is 63.6 Å². The van der Waals surface area contributed by atoms with Crippen LogP contribution in [0.25, 0.3) is 0 Å². The van der Waals surface area contributed by atoms with E-state index in [0.29, 0.717) is 6.42 Å². The third-order valence-electron chi connectivity index (χ3n) is 2.04. The summed E-state index contributed by atoms with van der Waals surface area (Å²) in [5, 5.41) is 9.28. The van der Waals surface area contributed by atoms with E-state index in [-0.39, 0.29) is 18.8 Å². The number of aliphatic hydroxyl groups excluding tert-OH is 1. The second kappa shape index (κ2) is 8.41. The largest absolute Gasteiger partial charge is 0.464 e. The van der Waals surface area contributed by atoms with Crippen LogP contribution in [0, 0.1) is 0 Å². The zero-order valence-electron chi connectivity index (χ0n) is 9.49. The van der Waals surface area contributed by atoms with Gasteiger partial charge in [-0.25, -0.2) is 4.79 Å². The Balaban J connectivity index is 3.70. The summed E-state index contributed by atoms with van der Waals surface area (Å²) in [6.07, 6.45) is 1.89. The van der Waals surface area contributed by atoms with Crippen molar-refractivity contribution in [3.63, 3.8) is 0 Å². The third-order valence-corrected chi connectivity index (χ3v) is 2.04. The number of esters is 1. The van der Waals surface area contributed by atoms with Gasteiger partial charge in [0.25, 0.3) is 0 Å². The summed E-state index contributed by atoms with van der Waals surface area (Å²) in [5.41, 5.74) is 0. The Bertz CT molecular complexity index is 201. The fraction of sp³-hybridized carbons (Fsp3) is 0.818. The van der Waals surface area contributed by atoms with Crippen LogP contribution in [0.15, 0.2) is 0 Å². The van der Waals surface area contributed by atoms with Crippen LogP contribution in [0.3, 0.4) is 0 Å². The van der Waals surface area contributed by atoms with E-state index in [4.69, 9.17) is 0 Å². The molecule has 0 saturated carbocycles. The minimum Gasteiger partial charge on any atom is -0.464 e. The highest BCUT2D eigenvalue weighted by Gasteiger charge is 2.19. The molecule has 0 heterocycles. The van der Waals surface area contributed by atoms with Crippen LogP contribution in [0.2, 0.25) is 0 Å². The summed E-state index contributed by atoms with van der Waals surface area (Å²) >= 11 is 0. The summed E-state index contributed by atoms with van der Waals surface area (Å²) in [5.74, 6) is -0.787. The third kappa shape index (κ3) is 7.08. The molecule has 0 spiro atoms. The Morgan fingerprint density at radius 1 is 1.27 bits per heavy atom. The van der Waals surface area contributed by atoms with Gasteiger partial charge in [-0.15, -0.1) is 0 Å². The van der Waals surface area contributed by atoms with Crippen molar-refractivity contribution in [1.29, 1.82) is 0 Å². The lowest BCUT2D eigenvalue weighted by Gasteiger charge is -2.08. The molecule has 4 heteroatoms. The lowest BCUT2D eigenvalue weighted by molar-refractivity contribution is -0.154. The average Bonchev–Trinajstić information content (AvgIpc) is 2.18. The molecule has 0 aliphatic carbocycles. The summed E-state index contributed by atoms with van der Waals surface area (Å²) < 4.78 is 4.59. The van der Waals surface area contributed by atoms with Crippen molar-refractivity contribution in [1.82, 2.24) is 0 Å². The van der Waals surface area contributed by atoms with Crippen molar-refractivity contribution in [2.24, 2.45) is 0 Å². The summed E-state index contributed by atoms with van der Waals surface area (Å²) in [4.78, 5) is 22.3. The van der Waals surface area contributed by atoms with Gasteiger partial charge in [-0.3, -0.25) is 4.79 Å². The van der Waals surface area contributed by atoms with Crippen molar-refractivity contribution >= 4 is 11.8 Å². The van der Waals surface area contributed by atoms with Gasteiger partial charge in [0.2, 0.25) is 0 Å². The number of carbonyl (C=O) groups excluding carboxylic acids is 2. The first kappa shape index (κ1) is 14.1. The molecule has 1 atom stereocenters. The van der Waals surface area contributed by atoms with E-state index in [1.807, 2.05) is 0 Å². The molecule has 0 saturated heterocycles. The first-order chi connectivity index (χ1) is 7.11. The minimum atomic E-state index is -1.29. The molecule has 0 aromatic carbocycles. The molecular weight excluding hydrogens is 196 g/mol. The van der Waals surface area contributed by atoms with Crippen LogP contribution in [0.1, 0.15) is 46.0 Å². The maximum Gasteiger partial charge on any atom is 0.335 e. The Hall–Kier alpha value is -0.900. The second-order valence-corrected chi connectivity index (χ2v) is 3.47. The fourth-order valence-electron chi connectivity index (χ4n) is 1.21. The van der Waals surface area contributed by atoms with E-state index >= 15 is 0 Å². The molecule has 0 fully saturated rings. The maximum absolute atomic E-state index is 11.3. The average molecular weight is 216 g/mol. The van der Waals surface area contributed by atoms with Gasteiger partial charge in [0.15, 0.2) is 6.10 Å². The summed E-state index contributed by atoms with van der Waals surface area (Å²) in [7, 11) is 0. The SMILES string of the molecule is CCCCCC(=O)CC(O)C(=O)OCC. The Labute approximate surface area is 90.6 Å². The first-order valence-electron chi connectivity index (χ1n) is 5.48. The Kier molecular flexibility index (Phi) is 7.91. The van der Waals surface area contributed by atoms with Crippen LogP contribution >= 0.6 is 0 Å². The Morgan fingerprint density at radius 3 is 2.47 bits per heavy atom. The number of ketones is 1. The smallest absolute Gasteiger partial charge is 0.335 e. The zero-order chi connectivity index (χ0) is 11.7. The number of aliphatic hydroxyl groups is 1. The van der Waals surface area contributed by atoms with Crippen LogP contribution in [-0.2, 0) is 14.3 Å². The highest BCUT2D eigenvalue weighted by atomic mass is 16.5. The highest BCUT2D eigenvalue weighted by molar-refractivity contribution is 5.85. The number of carbonyl (C=O) groups is 2. The number of Topliss-reactive ketones (excluding diaryl/α,β-unsaturated/α-hetero) is 1. The molecule has 88 valence electrons. The molecule has 0 bridgehead atoms. The molecule has 0 amide bonds. The van der Waals surface area contributed by atoms with Crippen molar-refractivity contribution in [2.75, 3.05) is 6.61 Å². The number of rotatable bonds is 8. The van der Waals surface area contributed by atoms with Crippen molar-refractivity contribution in [3.8, 4) is 0 Å². The number of unbranched alkanes of at least 4 members (excludes halogenated alkanes) is 2. The predicted molar refractivity (Wildman–Crippen MR) is 56.4 cm³/mol. The predicted octanol–water partition coefficient (Wildman–Crippen LogP) is 1.45. The molecule has 0 rings (SSSR count). The molecule has 0 aromatic heterocycles. The zero-order valence-corrected chi connectivity index (χ0v) is 9.49. The standard InChI is InChI=1S/C11H20O4/c1-3-5-6-7-9(12)8-10(13)11(14)15-4-2/h10,13H,3-8H2,1-2H3. The molecule has 0 radical (unpaired) electrons. The lowest BCUT2D eigenvalue weighted by atomic mass is 10.1. The van der Waals surface area contributed by atoms with Gasteiger partial charge in [-0.05, 0) is 13.3 Å². The quantitative estimate of drug-likeness (QED) is 0.492. The first-order valence-corrected chi connectivity index (χ1v) is 5.48. The van der Waals surface area contributed by atoms with E-state index < -0.39 is 12.1 Å². The van der Waals surface area contributed by atoms with Gasteiger partial charge in [0.1, 0.15) is 5.78 Å². The van der Waals surface area contributed by atoms with Crippen molar-refractivity contribution in [3.05, 3.63) is 0 Å². The number of hydrogen-bond acceptors (Lipinski definition) is 4. The van der Waals surface area contributed by atoms with Crippen molar-refractivity contribution < 1.29 is 19.4 Å². The Morgan fingerprint density at radius 2 is 1.93 bits per heavy atom. The van der Waals surface area contributed by atoms with Gasteiger partial charge < -0.3 is 9.84 Å². The lowest BCUT2D eigenvalue weighted by Crippen LogP contribution is -2.25. The van der Waals surface area contributed by atoms with Gasteiger partial charge in [0, 0.05) is 12.8 Å². The normalized spacial score (nSPS) is 12.2. The molecule has 1 unspecified atom stereocenters. The molecule has 15 heavy (non-hydrogen) atoms. The monoisotopic (exact) mass is 216 g/mol. The van der Waals surface area contributed by atoms with Gasteiger partial charge >= 0.3 is 5.97 Å². The summed E-state index contributed by atoms with van der Waals surface area (Å²) in [6.45, 7) is 3.94. The van der Waals surface area contributed by atoms with Crippen LogP contribution < -0.4 is 0 Å². The number of ether oxygens (including phenoxy) is 1. The van der Waals surface area contributed by atoms with Crippen LogP contribution in [0.5, 0.6) is 0 Å². The molecular formula is C11H20O4. The fourth-order valence-corrected chi connectivity index (χ4v) is 1.21. The van der Waals surface area contributed by atoms with E-state index in [2.05, 4.69) is 11.7 Å². The minimum absolute atomic E-state index is 0.0796. The molecule has 0 aliphatic heterocycles. The number of hydrogen-bond donors (Lipinski definition) is 1. The maximum atomic E-state index is 11.3. The molecule has 4 nitrogen and oxygen atoms in total. The van der Waals surface area contributed by atoms with E-state index in [0.717, 1.165) is 19.3 Å². The van der Waals surface area contributed by atoms with Gasteiger partial charge in [-0.1, -0.05) is 19.8 Å².